The number of hydrogen-bond donors (Lipinski definition) is 0. The zero-order valence-corrected chi connectivity index (χ0v) is 38.0. The highest BCUT2D eigenvalue weighted by molar-refractivity contribution is 5.29. The predicted octanol–water partition coefficient (Wildman–Crippen LogP) is 17.9. The zero-order chi connectivity index (χ0) is 39.8. The minimum Gasteiger partial charge on any atom is -0.494 e. The lowest BCUT2D eigenvalue weighted by Gasteiger charge is -2.38. The lowest BCUT2D eigenvalue weighted by molar-refractivity contribution is 0.141. The fourth-order valence-corrected chi connectivity index (χ4v) is 12.3. The number of hydrogen-bond acceptors (Lipinski definition) is 1. The van der Waals surface area contributed by atoms with Crippen molar-refractivity contribution in [3.05, 3.63) is 55.1 Å². The minimum absolute atomic E-state index is 0.751. The molecule has 5 aliphatic carbocycles. The SMILES string of the molecule is C=CC1CCC(C2CCC(CCCCC)CC2)CC1.C=CCCC1CCC(C2CCC(CCC)CC2)CC1.CCCC1CCC(c2ccc(OCC)cc2)CC1. The first-order valence-electron chi connectivity index (χ1n) is 25.5. The van der Waals surface area contributed by atoms with E-state index in [1.165, 1.54) is 173 Å². The minimum atomic E-state index is 0.751. The molecule has 6 rings (SSSR count). The molecule has 56 heavy (non-hydrogen) atoms. The first-order chi connectivity index (χ1) is 27.5. The van der Waals surface area contributed by atoms with E-state index in [0.717, 1.165) is 71.5 Å². The molecule has 1 aromatic carbocycles. The number of allylic oxidation sites excluding steroid dienone is 2. The van der Waals surface area contributed by atoms with Crippen LogP contribution in [0.5, 0.6) is 5.75 Å². The number of ether oxygens (including phenoxy) is 1. The second-order valence-electron chi connectivity index (χ2n) is 19.9. The van der Waals surface area contributed by atoms with E-state index in [4.69, 9.17) is 4.74 Å². The third-order valence-corrected chi connectivity index (χ3v) is 16.1. The fourth-order valence-electron chi connectivity index (χ4n) is 12.3. The summed E-state index contributed by atoms with van der Waals surface area (Å²) >= 11 is 0. The summed E-state index contributed by atoms with van der Waals surface area (Å²) in [5, 5.41) is 0. The van der Waals surface area contributed by atoms with Crippen LogP contribution in [0.3, 0.4) is 0 Å². The van der Waals surface area contributed by atoms with E-state index in [0.29, 0.717) is 0 Å². The van der Waals surface area contributed by atoms with Gasteiger partial charge in [-0.05, 0) is 187 Å². The summed E-state index contributed by atoms with van der Waals surface area (Å²) in [4.78, 5) is 0. The van der Waals surface area contributed by atoms with Gasteiger partial charge in [0.05, 0.1) is 6.61 Å². The van der Waals surface area contributed by atoms with Crippen LogP contribution in [0.1, 0.15) is 232 Å². The summed E-state index contributed by atoms with van der Waals surface area (Å²) in [6, 6.07) is 8.76. The molecule has 0 aliphatic heterocycles. The standard InChI is InChI=1S/2C19H34.C17H26O/c1-3-5-6-7-17-10-14-19(15-11-17)18-12-8-16(4-2)9-13-18;1-3-5-7-17-10-14-19(15-11-17)18-12-8-16(6-4-2)9-13-18;1-3-5-14-6-8-15(9-7-14)16-10-12-17(13-11-16)18-4-2/h4,16-19H,2-3,5-15H2,1H3;3,16-19H,1,4-15H2,2H3;10-15H,3-9H2,1-2H3. The van der Waals surface area contributed by atoms with Crippen molar-refractivity contribution < 1.29 is 4.74 Å². The monoisotopic (exact) mass is 771 g/mol. The molecule has 1 aromatic rings. The van der Waals surface area contributed by atoms with Gasteiger partial charge in [0.15, 0.2) is 0 Å². The Morgan fingerprint density at radius 2 is 0.911 bits per heavy atom. The Morgan fingerprint density at radius 1 is 0.482 bits per heavy atom. The first-order valence-corrected chi connectivity index (χ1v) is 25.5. The van der Waals surface area contributed by atoms with Crippen LogP contribution in [-0.2, 0) is 0 Å². The molecule has 5 fully saturated rings. The summed E-state index contributed by atoms with van der Waals surface area (Å²) in [6.07, 6.45) is 48.2. The highest BCUT2D eigenvalue weighted by Gasteiger charge is 2.31. The molecule has 0 aromatic heterocycles. The van der Waals surface area contributed by atoms with Crippen LogP contribution in [-0.4, -0.2) is 6.61 Å². The number of benzene rings is 1. The molecular weight excluding hydrogens is 677 g/mol. The number of rotatable bonds is 17. The highest BCUT2D eigenvalue weighted by Crippen LogP contribution is 2.44. The van der Waals surface area contributed by atoms with Crippen LogP contribution in [0, 0.1) is 53.3 Å². The Morgan fingerprint density at radius 3 is 1.32 bits per heavy atom. The van der Waals surface area contributed by atoms with Crippen LogP contribution < -0.4 is 4.74 Å². The van der Waals surface area contributed by atoms with Crippen LogP contribution in [0.25, 0.3) is 0 Å². The van der Waals surface area contributed by atoms with Gasteiger partial charge in [0.2, 0.25) is 0 Å². The van der Waals surface area contributed by atoms with Crippen LogP contribution in [0.4, 0.5) is 0 Å². The predicted molar refractivity (Wildman–Crippen MR) is 248 cm³/mol. The summed E-state index contributed by atoms with van der Waals surface area (Å²) < 4.78 is 5.50. The van der Waals surface area contributed by atoms with E-state index in [-0.39, 0.29) is 0 Å². The van der Waals surface area contributed by atoms with Gasteiger partial charge in [-0.25, -0.2) is 0 Å². The van der Waals surface area contributed by atoms with Crippen molar-refractivity contribution >= 4 is 0 Å². The second-order valence-corrected chi connectivity index (χ2v) is 19.9. The lowest BCUT2D eigenvalue weighted by atomic mass is 9.68. The van der Waals surface area contributed by atoms with Crippen LogP contribution >= 0.6 is 0 Å². The topological polar surface area (TPSA) is 9.23 Å². The summed E-state index contributed by atoms with van der Waals surface area (Å²) in [5.74, 6) is 11.1. The van der Waals surface area contributed by atoms with E-state index in [1.54, 1.807) is 25.7 Å². The summed E-state index contributed by atoms with van der Waals surface area (Å²) in [7, 11) is 0. The lowest BCUT2D eigenvalue weighted by Crippen LogP contribution is -2.25. The van der Waals surface area contributed by atoms with Gasteiger partial charge in [0.1, 0.15) is 5.75 Å². The maximum Gasteiger partial charge on any atom is 0.119 e. The number of unbranched alkanes of at least 4 members (excludes halogenated alkanes) is 2. The average Bonchev–Trinajstić information content (AvgIpc) is 3.25. The normalized spacial score (nSPS) is 32.1. The third kappa shape index (κ3) is 17.0. The van der Waals surface area contributed by atoms with Crippen molar-refractivity contribution in [1.29, 1.82) is 0 Å². The molecule has 5 saturated carbocycles. The van der Waals surface area contributed by atoms with Gasteiger partial charge >= 0.3 is 0 Å². The Balaban J connectivity index is 0.000000187. The molecule has 0 atom stereocenters. The highest BCUT2D eigenvalue weighted by atomic mass is 16.5. The molecule has 1 nitrogen and oxygen atoms in total. The Hall–Kier alpha value is -1.50. The van der Waals surface area contributed by atoms with Gasteiger partial charge in [0, 0.05) is 0 Å². The zero-order valence-electron chi connectivity index (χ0n) is 38.0. The molecule has 5 aliphatic rings. The molecule has 0 radical (unpaired) electrons. The summed E-state index contributed by atoms with van der Waals surface area (Å²) in [6.45, 7) is 17.6. The molecule has 0 saturated heterocycles. The molecule has 1 heteroatoms. The molecule has 0 unspecified atom stereocenters. The van der Waals surface area contributed by atoms with Crippen molar-refractivity contribution in [3.8, 4) is 5.75 Å². The molecule has 0 amide bonds. The van der Waals surface area contributed by atoms with Gasteiger partial charge in [0.25, 0.3) is 0 Å². The molecule has 0 spiro atoms. The van der Waals surface area contributed by atoms with Crippen molar-refractivity contribution in [2.24, 2.45) is 53.3 Å². The Labute approximate surface area is 350 Å². The van der Waals surface area contributed by atoms with Gasteiger partial charge in [-0.3, -0.25) is 0 Å². The Kier molecular flexibility index (Phi) is 23.6. The molecule has 0 bridgehead atoms. The van der Waals surface area contributed by atoms with Crippen LogP contribution in [0.15, 0.2) is 49.6 Å². The largest absolute Gasteiger partial charge is 0.494 e. The maximum absolute atomic E-state index is 5.50. The van der Waals surface area contributed by atoms with Crippen molar-refractivity contribution in [3.63, 3.8) is 0 Å². The quantitative estimate of drug-likeness (QED) is 0.113. The van der Waals surface area contributed by atoms with Crippen molar-refractivity contribution in [1.82, 2.24) is 0 Å². The van der Waals surface area contributed by atoms with Gasteiger partial charge < -0.3 is 4.74 Å². The van der Waals surface area contributed by atoms with E-state index < -0.39 is 0 Å². The van der Waals surface area contributed by atoms with Gasteiger partial charge in [-0.1, -0.05) is 135 Å². The van der Waals surface area contributed by atoms with E-state index in [2.05, 4.69) is 70.3 Å². The molecule has 0 N–H and O–H groups in total. The molecule has 0 heterocycles. The Bertz CT molecular complexity index is 1090. The molecular formula is C55H94O. The van der Waals surface area contributed by atoms with E-state index in [9.17, 15) is 0 Å². The molecule has 320 valence electrons. The fraction of sp³-hybridized carbons (Fsp3) is 0.818. The summed E-state index contributed by atoms with van der Waals surface area (Å²) in [5.41, 5.74) is 1.51. The smallest absolute Gasteiger partial charge is 0.119 e. The second kappa shape index (κ2) is 28.1. The van der Waals surface area contributed by atoms with Gasteiger partial charge in [-0.2, -0.15) is 0 Å². The first kappa shape index (κ1) is 47.2. The van der Waals surface area contributed by atoms with Gasteiger partial charge in [-0.15, -0.1) is 13.2 Å². The third-order valence-electron chi connectivity index (χ3n) is 16.1. The van der Waals surface area contributed by atoms with Crippen molar-refractivity contribution in [2.75, 3.05) is 6.61 Å². The maximum atomic E-state index is 5.50. The van der Waals surface area contributed by atoms with Crippen LogP contribution in [0.2, 0.25) is 0 Å². The average molecular weight is 771 g/mol. The van der Waals surface area contributed by atoms with E-state index in [1.807, 2.05) is 6.92 Å². The van der Waals surface area contributed by atoms with Crippen molar-refractivity contribution in [2.45, 2.75) is 226 Å². The van der Waals surface area contributed by atoms with E-state index >= 15 is 0 Å².